The number of rotatable bonds is 4. The summed E-state index contributed by atoms with van der Waals surface area (Å²) in [5, 5.41) is 8.19. The first-order chi connectivity index (χ1) is 12.6. The lowest BCUT2D eigenvalue weighted by Gasteiger charge is -2.20. The second-order valence-electron chi connectivity index (χ2n) is 5.98. The van der Waals surface area contributed by atoms with Gasteiger partial charge in [0.25, 0.3) is 0 Å². The van der Waals surface area contributed by atoms with Crippen LogP contribution in [0.25, 0.3) is 11.0 Å². The molecule has 0 aliphatic carbocycles. The number of hydrogen-bond acceptors (Lipinski definition) is 5. The van der Waals surface area contributed by atoms with Crippen molar-refractivity contribution in [1.82, 2.24) is 19.7 Å². The number of benzene rings is 2. The summed E-state index contributed by atoms with van der Waals surface area (Å²) in [4.78, 5) is 8.88. The molecule has 0 amide bonds. The molecular weight excluding hydrogens is 331 g/mol. The largest absolute Gasteiger partial charge is 0.383 e. The Morgan fingerprint density at radius 1 is 1.00 bits per heavy atom. The number of halogens is 1. The Morgan fingerprint density at radius 2 is 1.69 bits per heavy atom. The minimum atomic E-state index is -0.280. The van der Waals surface area contributed by atoms with E-state index in [4.69, 9.17) is 5.73 Å². The van der Waals surface area contributed by atoms with E-state index in [0.717, 1.165) is 11.1 Å². The highest BCUT2D eigenvalue weighted by Gasteiger charge is 2.17. The topological polar surface area (TPSA) is 81.7 Å². The summed E-state index contributed by atoms with van der Waals surface area (Å²) in [5.74, 6) is 0.464. The van der Waals surface area contributed by atoms with Crippen LogP contribution in [0.15, 0.2) is 60.8 Å². The van der Waals surface area contributed by atoms with Crippen LogP contribution in [0.1, 0.15) is 17.2 Å². The van der Waals surface area contributed by atoms with Crippen LogP contribution in [0.3, 0.4) is 0 Å². The second kappa shape index (κ2) is 6.44. The SMILES string of the molecule is Cn1ncc2c(N)nc(NC(c3ccccc3)c3ccc(F)cc3)nc21. The van der Waals surface area contributed by atoms with Crippen molar-refractivity contribution in [3.63, 3.8) is 0 Å². The summed E-state index contributed by atoms with van der Waals surface area (Å²) in [5.41, 5.74) is 8.59. The maximum atomic E-state index is 13.3. The van der Waals surface area contributed by atoms with Crippen LogP contribution in [0.5, 0.6) is 0 Å². The summed E-state index contributed by atoms with van der Waals surface area (Å²) in [6.07, 6.45) is 1.64. The van der Waals surface area contributed by atoms with E-state index in [1.54, 1.807) is 30.1 Å². The summed E-state index contributed by atoms with van der Waals surface area (Å²) in [6, 6.07) is 15.9. The Kier molecular flexibility index (Phi) is 3.96. The van der Waals surface area contributed by atoms with Crippen molar-refractivity contribution in [2.45, 2.75) is 6.04 Å². The predicted molar refractivity (Wildman–Crippen MR) is 99.0 cm³/mol. The fourth-order valence-electron chi connectivity index (χ4n) is 2.90. The van der Waals surface area contributed by atoms with Gasteiger partial charge < -0.3 is 11.1 Å². The highest BCUT2D eigenvalue weighted by atomic mass is 19.1. The Hall–Kier alpha value is -3.48. The number of aromatic nitrogens is 4. The quantitative estimate of drug-likeness (QED) is 0.591. The van der Waals surface area contributed by atoms with Gasteiger partial charge >= 0.3 is 0 Å². The average Bonchev–Trinajstić information content (AvgIpc) is 3.03. The number of nitrogen functional groups attached to an aromatic ring is 1. The molecule has 0 fully saturated rings. The standard InChI is InChI=1S/C19H17FN6/c1-26-18-15(11-22-26)17(21)24-19(25-18)23-16(12-5-3-2-4-6-12)13-7-9-14(20)10-8-13/h2-11,16H,1H3,(H3,21,23,24,25). The third-order valence-electron chi connectivity index (χ3n) is 4.23. The molecule has 0 bridgehead atoms. The molecule has 7 heteroatoms. The average molecular weight is 348 g/mol. The van der Waals surface area contributed by atoms with Gasteiger partial charge in [-0.2, -0.15) is 15.1 Å². The number of nitrogens with two attached hydrogens (primary N) is 1. The van der Waals surface area contributed by atoms with E-state index in [1.807, 2.05) is 30.3 Å². The summed E-state index contributed by atoms with van der Waals surface area (Å²) in [7, 11) is 1.80. The van der Waals surface area contributed by atoms with Crippen molar-refractivity contribution >= 4 is 22.8 Å². The monoisotopic (exact) mass is 348 g/mol. The van der Waals surface area contributed by atoms with Crippen LogP contribution >= 0.6 is 0 Å². The third kappa shape index (κ3) is 2.95. The van der Waals surface area contributed by atoms with E-state index in [0.29, 0.717) is 22.8 Å². The summed E-state index contributed by atoms with van der Waals surface area (Å²) < 4.78 is 15.0. The molecule has 1 atom stereocenters. The summed E-state index contributed by atoms with van der Waals surface area (Å²) >= 11 is 0. The number of aryl methyl sites for hydroxylation is 1. The van der Waals surface area contributed by atoms with E-state index < -0.39 is 0 Å². The van der Waals surface area contributed by atoms with E-state index in [9.17, 15) is 4.39 Å². The first-order valence-corrected chi connectivity index (χ1v) is 8.14. The highest BCUT2D eigenvalue weighted by molar-refractivity contribution is 5.86. The molecular formula is C19H17FN6. The maximum Gasteiger partial charge on any atom is 0.227 e. The van der Waals surface area contributed by atoms with Crippen molar-refractivity contribution in [3.05, 3.63) is 77.7 Å². The van der Waals surface area contributed by atoms with Gasteiger partial charge in [-0.3, -0.25) is 4.68 Å². The molecule has 6 nitrogen and oxygen atoms in total. The number of nitrogens with one attached hydrogen (secondary N) is 1. The van der Waals surface area contributed by atoms with Gasteiger partial charge in [-0.25, -0.2) is 4.39 Å². The van der Waals surface area contributed by atoms with Crippen LogP contribution in [0.4, 0.5) is 16.2 Å². The molecule has 0 aliphatic heterocycles. The molecule has 4 rings (SSSR count). The lowest BCUT2D eigenvalue weighted by molar-refractivity contribution is 0.626. The number of anilines is 2. The van der Waals surface area contributed by atoms with Crippen LogP contribution < -0.4 is 11.1 Å². The van der Waals surface area contributed by atoms with Crippen molar-refractivity contribution in [2.75, 3.05) is 11.1 Å². The van der Waals surface area contributed by atoms with Crippen LogP contribution in [0.2, 0.25) is 0 Å². The molecule has 26 heavy (non-hydrogen) atoms. The fourth-order valence-corrected chi connectivity index (χ4v) is 2.90. The van der Waals surface area contributed by atoms with Gasteiger partial charge in [-0.1, -0.05) is 42.5 Å². The molecule has 1 unspecified atom stereocenters. The first-order valence-electron chi connectivity index (χ1n) is 8.14. The predicted octanol–water partition coefficient (Wildman–Crippen LogP) is 3.29. The molecule has 0 aliphatic rings. The molecule has 0 spiro atoms. The van der Waals surface area contributed by atoms with Gasteiger partial charge in [0.1, 0.15) is 11.6 Å². The van der Waals surface area contributed by atoms with Gasteiger partial charge in [0.15, 0.2) is 5.65 Å². The van der Waals surface area contributed by atoms with Gasteiger partial charge in [-0.05, 0) is 23.3 Å². The second-order valence-corrected chi connectivity index (χ2v) is 5.98. The molecule has 0 radical (unpaired) electrons. The van der Waals surface area contributed by atoms with Gasteiger partial charge in [0, 0.05) is 7.05 Å². The van der Waals surface area contributed by atoms with Crippen molar-refractivity contribution in [1.29, 1.82) is 0 Å². The zero-order valence-corrected chi connectivity index (χ0v) is 14.1. The zero-order valence-electron chi connectivity index (χ0n) is 14.1. The van der Waals surface area contributed by atoms with E-state index in [2.05, 4.69) is 20.4 Å². The van der Waals surface area contributed by atoms with E-state index >= 15 is 0 Å². The molecule has 2 aromatic heterocycles. The van der Waals surface area contributed by atoms with Crippen LogP contribution in [0, 0.1) is 5.82 Å². The molecule has 0 saturated heterocycles. The maximum absolute atomic E-state index is 13.3. The van der Waals surface area contributed by atoms with Crippen LogP contribution in [-0.2, 0) is 7.05 Å². The van der Waals surface area contributed by atoms with Crippen molar-refractivity contribution < 1.29 is 4.39 Å². The minimum Gasteiger partial charge on any atom is -0.383 e. The number of nitrogens with zero attached hydrogens (tertiary/aromatic N) is 4. The molecule has 2 heterocycles. The Balaban J connectivity index is 1.78. The Labute approximate surface area is 149 Å². The van der Waals surface area contributed by atoms with Crippen LogP contribution in [-0.4, -0.2) is 19.7 Å². The van der Waals surface area contributed by atoms with E-state index in [1.165, 1.54) is 12.1 Å². The molecule has 130 valence electrons. The van der Waals surface area contributed by atoms with E-state index in [-0.39, 0.29) is 11.9 Å². The summed E-state index contributed by atoms with van der Waals surface area (Å²) in [6.45, 7) is 0. The first kappa shape index (κ1) is 16.0. The smallest absolute Gasteiger partial charge is 0.227 e. The van der Waals surface area contributed by atoms with Crippen molar-refractivity contribution in [2.24, 2.45) is 7.05 Å². The Bertz CT molecular complexity index is 1040. The highest BCUT2D eigenvalue weighted by Crippen LogP contribution is 2.27. The van der Waals surface area contributed by atoms with Gasteiger partial charge in [0.05, 0.1) is 17.6 Å². The zero-order chi connectivity index (χ0) is 18.1. The normalized spacial score (nSPS) is 12.2. The number of hydrogen-bond donors (Lipinski definition) is 2. The fraction of sp³-hybridized carbons (Fsp3) is 0.105. The molecule has 2 aromatic carbocycles. The van der Waals surface area contributed by atoms with Gasteiger partial charge in [0.2, 0.25) is 5.95 Å². The van der Waals surface area contributed by atoms with Gasteiger partial charge in [-0.15, -0.1) is 0 Å². The lowest BCUT2D eigenvalue weighted by atomic mass is 9.99. The number of fused-ring (bicyclic) bond motifs is 1. The lowest BCUT2D eigenvalue weighted by Crippen LogP contribution is -2.15. The molecule has 4 aromatic rings. The van der Waals surface area contributed by atoms with Crippen molar-refractivity contribution in [3.8, 4) is 0 Å². The Morgan fingerprint density at radius 3 is 2.42 bits per heavy atom. The third-order valence-corrected chi connectivity index (χ3v) is 4.23. The molecule has 0 saturated carbocycles. The molecule has 3 N–H and O–H groups in total. The minimum absolute atomic E-state index is 0.248.